The summed E-state index contributed by atoms with van der Waals surface area (Å²) >= 11 is 3.47. The molecule has 2 N–H and O–H groups in total. The first-order valence-electron chi connectivity index (χ1n) is 10.0. The summed E-state index contributed by atoms with van der Waals surface area (Å²) in [6.07, 6.45) is 0. The predicted octanol–water partition coefficient (Wildman–Crippen LogP) is 1.55. The summed E-state index contributed by atoms with van der Waals surface area (Å²) in [5.41, 5.74) is 0.666. The van der Waals surface area contributed by atoms with E-state index in [4.69, 9.17) is 9.47 Å². The van der Waals surface area contributed by atoms with Gasteiger partial charge in [-0.1, -0.05) is 13.8 Å². The van der Waals surface area contributed by atoms with E-state index in [-0.39, 0.29) is 11.8 Å². The van der Waals surface area contributed by atoms with Crippen molar-refractivity contribution in [3.8, 4) is 11.5 Å². The van der Waals surface area contributed by atoms with Crippen LogP contribution in [-0.4, -0.2) is 80.6 Å². The van der Waals surface area contributed by atoms with Gasteiger partial charge in [-0.05, 0) is 21.8 Å². The second kappa shape index (κ2) is 10.3. The van der Waals surface area contributed by atoms with Gasteiger partial charge in [0.2, 0.25) is 11.8 Å². The van der Waals surface area contributed by atoms with Crippen molar-refractivity contribution in [1.29, 1.82) is 0 Å². The minimum atomic E-state index is -0.0782. The third-order valence-corrected chi connectivity index (χ3v) is 5.47. The Labute approximate surface area is 180 Å². The number of benzene rings is 1. The Bertz CT molecular complexity index is 735. The van der Waals surface area contributed by atoms with Crippen LogP contribution in [0.2, 0.25) is 0 Å². The molecule has 0 aromatic heterocycles. The minimum Gasteiger partial charge on any atom is -0.486 e. The third-order valence-electron chi connectivity index (χ3n) is 4.81. The number of nitrogens with one attached hydrogen (secondary N) is 2. The minimum absolute atomic E-state index is 0.0633. The lowest BCUT2D eigenvalue weighted by Gasteiger charge is -2.33. The van der Waals surface area contributed by atoms with Crippen molar-refractivity contribution >= 4 is 33.4 Å². The Kier molecular flexibility index (Phi) is 7.74. The molecular weight excluding hydrogens is 440 g/mol. The van der Waals surface area contributed by atoms with Crippen LogP contribution < -0.4 is 20.1 Å². The highest BCUT2D eigenvalue weighted by Crippen LogP contribution is 2.38. The molecule has 1 aromatic rings. The SMILES string of the molecule is CC(C)CNC(=O)CN1CCN(CC(=O)Nc2cc3c(cc2Br)OCCO3)CC1. The normalized spacial score (nSPS) is 17.2. The van der Waals surface area contributed by atoms with E-state index in [1.807, 2.05) is 6.07 Å². The number of ether oxygens (including phenoxy) is 2. The van der Waals surface area contributed by atoms with Gasteiger partial charge in [0.25, 0.3) is 0 Å². The van der Waals surface area contributed by atoms with Gasteiger partial charge in [-0.2, -0.15) is 0 Å². The van der Waals surface area contributed by atoms with Crippen LogP contribution in [0.5, 0.6) is 11.5 Å². The van der Waals surface area contributed by atoms with Gasteiger partial charge >= 0.3 is 0 Å². The zero-order valence-electron chi connectivity index (χ0n) is 17.0. The van der Waals surface area contributed by atoms with Gasteiger partial charge in [-0.15, -0.1) is 0 Å². The van der Waals surface area contributed by atoms with Gasteiger partial charge in [0.1, 0.15) is 13.2 Å². The van der Waals surface area contributed by atoms with Crippen LogP contribution >= 0.6 is 15.9 Å². The maximum Gasteiger partial charge on any atom is 0.238 e. The van der Waals surface area contributed by atoms with E-state index in [0.29, 0.717) is 56.0 Å². The Morgan fingerprint density at radius 1 is 1.00 bits per heavy atom. The van der Waals surface area contributed by atoms with Crippen molar-refractivity contribution in [2.24, 2.45) is 5.92 Å². The Hall–Kier alpha value is -1.84. The first-order valence-corrected chi connectivity index (χ1v) is 10.8. The van der Waals surface area contributed by atoms with Crippen molar-refractivity contribution in [3.05, 3.63) is 16.6 Å². The maximum atomic E-state index is 12.5. The summed E-state index contributed by atoms with van der Waals surface area (Å²) in [5, 5.41) is 5.88. The Balaban J connectivity index is 1.43. The summed E-state index contributed by atoms with van der Waals surface area (Å²) in [6, 6.07) is 3.59. The zero-order chi connectivity index (χ0) is 20.8. The number of halogens is 1. The fourth-order valence-corrected chi connectivity index (χ4v) is 3.66. The number of fused-ring (bicyclic) bond motifs is 1. The van der Waals surface area contributed by atoms with Crippen molar-refractivity contribution in [1.82, 2.24) is 15.1 Å². The van der Waals surface area contributed by atoms with Crippen LogP contribution in [0.1, 0.15) is 13.8 Å². The summed E-state index contributed by atoms with van der Waals surface area (Å²) in [4.78, 5) is 28.7. The van der Waals surface area contributed by atoms with E-state index in [0.717, 1.165) is 30.7 Å². The number of hydrogen-bond acceptors (Lipinski definition) is 6. The molecule has 1 fully saturated rings. The first-order chi connectivity index (χ1) is 13.9. The average molecular weight is 469 g/mol. The fraction of sp³-hybridized carbons (Fsp3) is 0.600. The molecule has 2 amide bonds. The summed E-state index contributed by atoms with van der Waals surface area (Å²) in [7, 11) is 0. The zero-order valence-corrected chi connectivity index (χ0v) is 18.6. The molecule has 1 saturated heterocycles. The highest BCUT2D eigenvalue weighted by atomic mass is 79.9. The maximum absolute atomic E-state index is 12.5. The molecule has 160 valence electrons. The monoisotopic (exact) mass is 468 g/mol. The molecule has 0 atom stereocenters. The van der Waals surface area contributed by atoms with E-state index in [9.17, 15) is 9.59 Å². The first kappa shape index (κ1) is 21.9. The standard InChI is InChI=1S/C20H29BrN4O4/c1-14(2)11-22-19(26)12-24-3-5-25(6-4-24)13-20(27)23-16-10-18-17(9-15(16)21)28-7-8-29-18/h9-10,14H,3-8,11-13H2,1-2H3,(H,22,26)(H,23,27). The molecule has 2 aliphatic rings. The van der Waals surface area contributed by atoms with E-state index in [2.05, 4.69) is 50.2 Å². The van der Waals surface area contributed by atoms with Gasteiger partial charge in [-0.3, -0.25) is 19.4 Å². The fourth-order valence-electron chi connectivity index (χ4n) is 3.24. The van der Waals surface area contributed by atoms with E-state index < -0.39 is 0 Å². The van der Waals surface area contributed by atoms with Crippen molar-refractivity contribution in [2.75, 3.05) is 64.3 Å². The van der Waals surface area contributed by atoms with Gasteiger partial charge < -0.3 is 20.1 Å². The van der Waals surface area contributed by atoms with Crippen LogP contribution in [-0.2, 0) is 9.59 Å². The Morgan fingerprint density at radius 3 is 2.14 bits per heavy atom. The molecule has 0 radical (unpaired) electrons. The van der Waals surface area contributed by atoms with Crippen LogP contribution in [0.4, 0.5) is 5.69 Å². The number of rotatable bonds is 7. The summed E-state index contributed by atoms with van der Waals surface area (Å²) < 4.78 is 11.9. The van der Waals surface area contributed by atoms with Crippen LogP contribution in [0, 0.1) is 5.92 Å². The topological polar surface area (TPSA) is 83.1 Å². The van der Waals surface area contributed by atoms with Gasteiger partial charge in [0.15, 0.2) is 11.5 Å². The van der Waals surface area contributed by atoms with Gasteiger partial charge in [0.05, 0.1) is 18.8 Å². The molecule has 0 bridgehead atoms. The lowest BCUT2D eigenvalue weighted by Crippen LogP contribution is -2.51. The van der Waals surface area contributed by atoms with Crippen molar-refractivity contribution in [3.63, 3.8) is 0 Å². The molecule has 0 spiro atoms. The average Bonchev–Trinajstić information content (AvgIpc) is 2.68. The molecule has 0 unspecified atom stereocenters. The van der Waals surface area contributed by atoms with Gasteiger partial charge in [-0.25, -0.2) is 0 Å². The largest absolute Gasteiger partial charge is 0.486 e. The Morgan fingerprint density at radius 2 is 1.55 bits per heavy atom. The molecule has 1 aromatic carbocycles. The number of carbonyl (C=O) groups is 2. The highest BCUT2D eigenvalue weighted by molar-refractivity contribution is 9.10. The number of nitrogens with zero attached hydrogens (tertiary/aromatic N) is 2. The lowest BCUT2D eigenvalue weighted by molar-refractivity contribution is -0.123. The molecule has 8 nitrogen and oxygen atoms in total. The number of anilines is 1. The number of carbonyl (C=O) groups excluding carboxylic acids is 2. The van der Waals surface area contributed by atoms with Gasteiger partial charge in [0, 0.05) is 49.3 Å². The second-order valence-electron chi connectivity index (χ2n) is 7.77. The van der Waals surface area contributed by atoms with Crippen molar-refractivity contribution < 1.29 is 19.1 Å². The smallest absolute Gasteiger partial charge is 0.238 e. The number of piperazine rings is 1. The van der Waals surface area contributed by atoms with Crippen LogP contribution in [0.3, 0.4) is 0 Å². The van der Waals surface area contributed by atoms with Crippen LogP contribution in [0.25, 0.3) is 0 Å². The molecule has 0 saturated carbocycles. The van der Waals surface area contributed by atoms with Crippen molar-refractivity contribution in [2.45, 2.75) is 13.8 Å². The molecule has 29 heavy (non-hydrogen) atoms. The summed E-state index contributed by atoms with van der Waals surface area (Å²) in [5.74, 6) is 1.75. The van der Waals surface area contributed by atoms with E-state index in [1.165, 1.54) is 0 Å². The molecule has 2 aliphatic heterocycles. The highest BCUT2D eigenvalue weighted by Gasteiger charge is 2.22. The quantitative estimate of drug-likeness (QED) is 0.631. The third kappa shape index (κ3) is 6.58. The molecule has 3 rings (SSSR count). The molecule has 0 aliphatic carbocycles. The summed E-state index contributed by atoms with van der Waals surface area (Å²) in [6.45, 7) is 9.67. The molecular formula is C20H29BrN4O4. The van der Waals surface area contributed by atoms with E-state index >= 15 is 0 Å². The van der Waals surface area contributed by atoms with E-state index in [1.54, 1.807) is 6.07 Å². The second-order valence-corrected chi connectivity index (χ2v) is 8.63. The number of hydrogen-bond donors (Lipinski definition) is 2. The molecule has 2 heterocycles. The lowest BCUT2D eigenvalue weighted by atomic mass is 10.2. The number of amides is 2. The molecule has 9 heteroatoms. The predicted molar refractivity (Wildman–Crippen MR) is 114 cm³/mol. The van der Waals surface area contributed by atoms with Crippen LogP contribution in [0.15, 0.2) is 16.6 Å².